The molecular weight excluding hydrogens is 294 g/mol. The molecule has 0 saturated carbocycles. The quantitative estimate of drug-likeness (QED) is 0.540. The summed E-state index contributed by atoms with van der Waals surface area (Å²) in [5, 5.41) is 16.1. The average Bonchev–Trinajstić information content (AvgIpc) is 2.87. The van der Waals surface area contributed by atoms with Crippen molar-refractivity contribution in [3.63, 3.8) is 0 Å². The summed E-state index contributed by atoms with van der Waals surface area (Å²) in [6, 6.07) is 5.38. The molecule has 1 aromatic carbocycles. The van der Waals surface area contributed by atoms with Gasteiger partial charge in [-0.2, -0.15) is 0 Å². The molecule has 2 heterocycles. The van der Waals surface area contributed by atoms with Gasteiger partial charge in [0.1, 0.15) is 18.0 Å². The zero-order chi connectivity index (χ0) is 16.6. The molecule has 0 bridgehead atoms. The number of benzene rings is 1. The first kappa shape index (κ1) is 14.8. The lowest BCUT2D eigenvalue weighted by atomic mass is 10.0. The van der Waals surface area contributed by atoms with Crippen LogP contribution in [0.2, 0.25) is 0 Å². The molecule has 0 amide bonds. The molecule has 0 unspecified atom stereocenters. The van der Waals surface area contributed by atoms with Crippen molar-refractivity contribution in [3.8, 4) is 0 Å². The van der Waals surface area contributed by atoms with Crippen LogP contribution in [-0.4, -0.2) is 26.9 Å². The minimum atomic E-state index is 0.146. The zero-order valence-corrected chi connectivity index (χ0v) is 12.8. The van der Waals surface area contributed by atoms with Crippen LogP contribution in [0.25, 0.3) is 11.0 Å². The number of fused-ring (bicyclic) bond motifs is 1. The van der Waals surface area contributed by atoms with Crippen molar-refractivity contribution in [2.45, 2.75) is 19.9 Å². The van der Waals surface area contributed by atoms with Crippen LogP contribution in [0.5, 0.6) is 0 Å². The number of nitrogen functional groups attached to an aromatic ring is 2. The van der Waals surface area contributed by atoms with Gasteiger partial charge in [-0.1, -0.05) is 11.2 Å². The highest BCUT2D eigenvalue weighted by atomic mass is 16.5. The Kier molecular flexibility index (Phi) is 3.57. The predicted molar refractivity (Wildman–Crippen MR) is 89.6 cm³/mol. The predicted octanol–water partition coefficient (Wildman–Crippen LogP) is 2.02. The Bertz CT molecular complexity index is 885. The van der Waals surface area contributed by atoms with E-state index < -0.39 is 0 Å². The van der Waals surface area contributed by atoms with E-state index in [0.717, 1.165) is 0 Å². The largest absolute Gasteiger partial charge is 0.383 e. The first-order chi connectivity index (χ1) is 11.0. The molecule has 23 heavy (non-hydrogen) atoms. The fraction of sp³-hybridized carbons (Fsp3) is 0.200. The molecule has 0 fully saturated rings. The van der Waals surface area contributed by atoms with Gasteiger partial charge < -0.3 is 21.3 Å². The van der Waals surface area contributed by atoms with Gasteiger partial charge in [0.05, 0.1) is 16.7 Å². The smallest absolute Gasteiger partial charge is 0.174 e. The van der Waals surface area contributed by atoms with Gasteiger partial charge in [0, 0.05) is 11.6 Å². The van der Waals surface area contributed by atoms with E-state index in [-0.39, 0.29) is 17.6 Å². The van der Waals surface area contributed by atoms with Crippen molar-refractivity contribution in [2.24, 2.45) is 0 Å². The van der Waals surface area contributed by atoms with Gasteiger partial charge in [-0.3, -0.25) is 5.41 Å². The Hall–Kier alpha value is -3.16. The first-order valence-electron chi connectivity index (χ1n) is 7.08. The molecule has 0 aliphatic carbocycles. The molecule has 0 aliphatic rings. The number of hydrogen-bond acceptors (Lipinski definition) is 8. The summed E-state index contributed by atoms with van der Waals surface area (Å²) in [6.07, 6.45) is 1.37. The van der Waals surface area contributed by atoms with Crippen molar-refractivity contribution < 1.29 is 4.52 Å². The Morgan fingerprint density at radius 3 is 2.74 bits per heavy atom. The van der Waals surface area contributed by atoms with E-state index in [1.165, 1.54) is 6.33 Å². The van der Waals surface area contributed by atoms with Gasteiger partial charge in [-0.15, -0.1) is 0 Å². The number of aromatic nitrogens is 3. The SMILES string of the molecule is CC(C)Nc1ncnc(N)c1C(=N)c1ccc2c(N)noc2c1. The summed E-state index contributed by atoms with van der Waals surface area (Å²) in [4.78, 5) is 8.18. The zero-order valence-electron chi connectivity index (χ0n) is 12.8. The maximum Gasteiger partial charge on any atom is 0.174 e. The van der Waals surface area contributed by atoms with Crippen molar-refractivity contribution in [1.29, 1.82) is 5.41 Å². The van der Waals surface area contributed by atoms with Crippen LogP contribution in [0, 0.1) is 5.41 Å². The van der Waals surface area contributed by atoms with E-state index in [1.807, 2.05) is 13.8 Å². The molecule has 0 spiro atoms. The molecule has 2 aromatic heterocycles. The number of anilines is 3. The lowest BCUT2D eigenvalue weighted by Gasteiger charge is -2.15. The Morgan fingerprint density at radius 1 is 1.22 bits per heavy atom. The molecule has 0 saturated heterocycles. The molecule has 0 atom stereocenters. The maximum absolute atomic E-state index is 8.49. The van der Waals surface area contributed by atoms with Crippen LogP contribution in [0.1, 0.15) is 25.0 Å². The number of nitrogens with two attached hydrogens (primary N) is 2. The van der Waals surface area contributed by atoms with Gasteiger partial charge in [-0.05, 0) is 26.0 Å². The number of rotatable bonds is 4. The Balaban J connectivity index is 2.08. The highest BCUT2D eigenvalue weighted by Gasteiger charge is 2.18. The third-order valence-corrected chi connectivity index (χ3v) is 3.34. The summed E-state index contributed by atoms with van der Waals surface area (Å²) in [5.74, 6) is 1.09. The minimum absolute atomic E-state index is 0.146. The summed E-state index contributed by atoms with van der Waals surface area (Å²) in [5.41, 5.74) is 13.4. The summed E-state index contributed by atoms with van der Waals surface area (Å²) >= 11 is 0. The molecule has 0 radical (unpaired) electrons. The number of nitrogens with zero attached hydrogens (tertiary/aromatic N) is 3. The van der Waals surface area contributed by atoms with Crippen molar-refractivity contribution in [1.82, 2.24) is 15.1 Å². The minimum Gasteiger partial charge on any atom is -0.383 e. The van der Waals surface area contributed by atoms with E-state index in [2.05, 4.69) is 20.4 Å². The van der Waals surface area contributed by atoms with Gasteiger partial charge in [-0.25, -0.2) is 9.97 Å². The van der Waals surface area contributed by atoms with Crippen LogP contribution in [0.3, 0.4) is 0 Å². The van der Waals surface area contributed by atoms with E-state index in [1.54, 1.807) is 18.2 Å². The van der Waals surface area contributed by atoms with Crippen LogP contribution in [0.15, 0.2) is 29.0 Å². The van der Waals surface area contributed by atoms with Crippen molar-refractivity contribution >= 4 is 34.1 Å². The average molecular weight is 311 g/mol. The van der Waals surface area contributed by atoms with E-state index in [0.29, 0.717) is 33.7 Å². The summed E-state index contributed by atoms with van der Waals surface area (Å²) in [6.45, 7) is 3.96. The van der Waals surface area contributed by atoms with Crippen LogP contribution in [0.4, 0.5) is 17.5 Å². The molecule has 3 aromatic rings. The van der Waals surface area contributed by atoms with E-state index in [9.17, 15) is 0 Å². The van der Waals surface area contributed by atoms with Crippen LogP contribution in [-0.2, 0) is 0 Å². The van der Waals surface area contributed by atoms with Gasteiger partial charge in [0.25, 0.3) is 0 Å². The third-order valence-electron chi connectivity index (χ3n) is 3.34. The molecule has 3 rings (SSSR count). The standard InChI is InChI=1S/C15H17N7O/c1-7(2)21-15-11(14(18)19-6-20-15)12(16)8-3-4-9-10(5-8)23-22-13(9)17/h3-7,16H,1-2H3,(H2,17,22)(H3,18,19,20,21). The fourth-order valence-corrected chi connectivity index (χ4v) is 2.29. The lowest BCUT2D eigenvalue weighted by molar-refractivity contribution is 0.460. The fourth-order valence-electron chi connectivity index (χ4n) is 2.29. The molecular formula is C15H17N7O. The van der Waals surface area contributed by atoms with Gasteiger partial charge in [0.2, 0.25) is 0 Å². The van der Waals surface area contributed by atoms with E-state index >= 15 is 0 Å². The third kappa shape index (κ3) is 2.66. The van der Waals surface area contributed by atoms with Gasteiger partial charge in [0.15, 0.2) is 11.4 Å². The summed E-state index contributed by atoms with van der Waals surface area (Å²) in [7, 11) is 0. The molecule has 0 aliphatic heterocycles. The molecule has 8 nitrogen and oxygen atoms in total. The Morgan fingerprint density at radius 2 is 2.00 bits per heavy atom. The van der Waals surface area contributed by atoms with Crippen molar-refractivity contribution in [2.75, 3.05) is 16.8 Å². The second-order valence-corrected chi connectivity index (χ2v) is 5.44. The second-order valence-electron chi connectivity index (χ2n) is 5.44. The molecule has 118 valence electrons. The highest BCUT2D eigenvalue weighted by molar-refractivity contribution is 6.17. The first-order valence-corrected chi connectivity index (χ1v) is 7.08. The second kappa shape index (κ2) is 5.56. The maximum atomic E-state index is 8.49. The highest BCUT2D eigenvalue weighted by Crippen LogP contribution is 2.26. The van der Waals surface area contributed by atoms with Crippen molar-refractivity contribution in [3.05, 3.63) is 35.7 Å². The Labute approximate surface area is 132 Å². The summed E-state index contributed by atoms with van der Waals surface area (Å²) < 4.78 is 5.15. The molecule has 6 N–H and O–H groups in total. The molecule has 8 heteroatoms. The van der Waals surface area contributed by atoms with Crippen LogP contribution >= 0.6 is 0 Å². The lowest BCUT2D eigenvalue weighted by Crippen LogP contribution is -2.17. The number of nitrogens with one attached hydrogen (secondary N) is 2. The normalized spacial score (nSPS) is 11.1. The number of hydrogen-bond donors (Lipinski definition) is 4. The monoisotopic (exact) mass is 311 g/mol. The topological polar surface area (TPSA) is 140 Å². The van der Waals surface area contributed by atoms with E-state index in [4.69, 9.17) is 21.4 Å². The van der Waals surface area contributed by atoms with Gasteiger partial charge >= 0.3 is 0 Å². The van der Waals surface area contributed by atoms with Crippen LogP contribution < -0.4 is 16.8 Å².